The molecule has 2 aromatic rings. The highest BCUT2D eigenvalue weighted by molar-refractivity contribution is 6.44. The van der Waals surface area contributed by atoms with Gasteiger partial charge in [0.05, 0.1) is 33.1 Å². The smallest absolute Gasteiger partial charge is 0.431 e. The van der Waals surface area contributed by atoms with Crippen molar-refractivity contribution in [2.24, 2.45) is 5.41 Å². The minimum absolute atomic E-state index is 0.0723. The highest BCUT2D eigenvalue weighted by atomic mass is 35.5. The molecule has 7 heteroatoms. The molecule has 0 spiro atoms. The molecule has 0 bridgehead atoms. The van der Waals surface area contributed by atoms with Gasteiger partial charge in [0.1, 0.15) is 0 Å². The third-order valence-corrected chi connectivity index (χ3v) is 5.52. The van der Waals surface area contributed by atoms with E-state index in [2.05, 4.69) is 4.98 Å². The predicted octanol–water partition coefficient (Wildman–Crippen LogP) is 6.44. The van der Waals surface area contributed by atoms with Gasteiger partial charge in [0.15, 0.2) is 11.5 Å². The van der Waals surface area contributed by atoms with Crippen LogP contribution in [0.1, 0.15) is 55.9 Å². The van der Waals surface area contributed by atoms with Crippen molar-refractivity contribution in [1.82, 2.24) is 4.98 Å². The summed E-state index contributed by atoms with van der Waals surface area (Å²) in [5.41, 5.74) is 2.30. The van der Waals surface area contributed by atoms with Crippen molar-refractivity contribution in [2.45, 2.75) is 53.6 Å². The molecule has 0 amide bonds. The first-order valence-electron chi connectivity index (χ1n) is 9.39. The van der Waals surface area contributed by atoms with E-state index in [0.29, 0.717) is 45.9 Å². The van der Waals surface area contributed by atoms with Gasteiger partial charge in [0, 0.05) is 17.5 Å². The number of aryl methyl sites for hydroxylation is 1. The molecular formula is C22H23Cl2NO4. The average molecular weight is 436 g/mol. The number of ether oxygens (including phenoxy) is 2. The minimum atomic E-state index is -0.868. The zero-order chi connectivity index (χ0) is 21.5. The van der Waals surface area contributed by atoms with Gasteiger partial charge in [-0.2, -0.15) is 0 Å². The van der Waals surface area contributed by atoms with Crippen LogP contribution in [0.15, 0.2) is 18.2 Å². The maximum atomic E-state index is 13.1. The van der Waals surface area contributed by atoms with Crippen LogP contribution in [0.4, 0.5) is 4.79 Å². The van der Waals surface area contributed by atoms with Crippen LogP contribution in [0.5, 0.6) is 5.75 Å². The lowest BCUT2D eigenvalue weighted by molar-refractivity contribution is 0.0723. The summed E-state index contributed by atoms with van der Waals surface area (Å²) in [6.07, 6.45) is -0.246. The number of carbonyl (C=O) groups excluding carboxylic acids is 2. The zero-order valence-corrected chi connectivity index (χ0v) is 18.6. The molecule has 0 saturated carbocycles. The van der Waals surface area contributed by atoms with E-state index in [4.69, 9.17) is 32.7 Å². The van der Waals surface area contributed by atoms with E-state index >= 15 is 0 Å². The number of fused-ring (bicyclic) bond motifs is 1. The van der Waals surface area contributed by atoms with Crippen molar-refractivity contribution in [2.75, 3.05) is 0 Å². The molecule has 0 saturated heterocycles. The summed E-state index contributed by atoms with van der Waals surface area (Å²) in [5, 5.41) is 0.619. The van der Waals surface area contributed by atoms with Crippen LogP contribution < -0.4 is 4.74 Å². The lowest BCUT2D eigenvalue weighted by Crippen LogP contribution is -2.29. The first kappa shape index (κ1) is 21.6. The molecule has 1 aromatic heterocycles. The third kappa shape index (κ3) is 4.41. The number of halogens is 2. The molecule has 5 nitrogen and oxygen atoms in total. The molecule has 29 heavy (non-hydrogen) atoms. The Morgan fingerprint density at radius 3 is 2.52 bits per heavy atom. The molecule has 0 unspecified atom stereocenters. The summed E-state index contributed by atoms with van der Waals surface area (Å²) in [6, 6.07) is 5.14. The van der Waals surface area contributed by atoms with E-state index < -0.39 is 6.16 Å². The fourth-order valence-electron chi connectivity index (χ4n) is 3.59. The zero-order valence-electron chi connectivity index (χ0n) is 17.1. The molecule has 0 fully saturated rings. The molecule has 3 rings (SSSR count). The number of rotatable bonds is 3. The lowest BCUT2D eigenvalue weighted by atomic mass is 9.73. The van der Waals surface area contributed by atoms with E-state index in [1.54, 1.807) is 39.0 Å². The highest BCUT2D eigenvalue weighted by Crippen LogP contribution is 2.46. The number of Topliss-reactive ketones (excluding diaryl/α,β-unsaturated/α-hetero) is 1. The Hall–Kier alpha value is -2.11. The van der Waals surface area contributed by atoms with Gasteiger partial charge in [-0.15, -0.1) is 0 Å². The summed E-state index contributed by atoms with van der Waals surface area (Å²) < 4.78 is 10.7. The van der Waals surface area contributed by atoms with Crippen LogP contribution in [0.25, 0.3) is 11.1 Å². The summed E-state index contributed by atoms with van der Waals surface area (Å²) in [7, 11) is 0. The molecule has 0 N–H and O–H groups in total. The quantitative estimate of drug-likeness (QED) is 0.518. The Balaban J connectivity index is 2.29. The number of nitrogens with zero attached hydrogens (tertiary/aromatic N) is 1. The summed E-state index contributed by atoms with van der Waals surface area (Å²) in [4.78, 5) is 30.0. The van der Waals surface area contributed by atoms with Crippen LogP contribution in [0, 0.1) is 12.3 Å². The largest absolute Gasteiger partial charge is 0.514 e. The van der Waals surface area contributed by atoms with Gasteiger partial charge in [0.2, 0.25) is 0 Å². The van der Waals surface area contributed by atoms with Crippen LogP contribution in [-0.2, 0) is 11.2 Å². The molecule has 0 radical (unpaired) electrons. The van der Waals surface area contributed by atoms with Gasteiger partial charge in [0.25, 0.3) is 0 Å². The number of pyridine rings is 1. The number of aromatic nitrogens is 1. The second-order valence-electron chi connectivity index (χ2n) is 8.28. The second kappa shape index (κ2) is 7.96. The molecule has 1 aliphatic rings. The molecule has 1 heterocycles. The maximum Gasteiger partial charge on any atom is 0.514 e. The molecular weight excluding hydrogens is 413 g/mol. The maximum absolute atomic E-state index is 13.1. The summed E-state index contributed by atoms with van der Waals surface area (Å²) in [6.45, 7) is 9.23. The predicted molar refractivity (Wildman–Crippen MR) is 113 cm³/mol. The van der Waals surface area contributed by atoms with Crippen molar-refractivity contribution in [3.05, 3.63) is 45.2 Å². The van der Waals surface area contributed by atoms with Gasteiger partial charge in [-0.3, -0.25) is 9.78 Å². The van der Waals surface area contributed by atoms with Gasteiger partial charge >= 0.3 is 6.16 Å². The third-order valence-electron chi connectivity index (χ3n) is 4.70. The van der Waals surface area contributed by atoms with Gasteiger partial charge in [-0.1, -0.05) is 49.2 Å². The molecule has 0 atom stereocenters. The van der Waals surface area contributed by atoms with Crippen molar-refractivity contribution in [3.63, 3.8) is 0 Å². The molecule has 1 aliphatic carbocycles. The van der Waals surface area contributed by atoms with Crippen molar-refractivity contribution >= 4 is 35.1 Å². The molecule has 154 valence electrons. The fourth-order valence-corrected chi connectivity index (χ4v) is 3.99. The SMILES string of the molecule is Cc1nc2c(c(-c3cccc(Cl)c3Cl)c1OC(=O)OC(C)C)C(=O)CC(C)(C)C2. The van der Waals surface area contributed by atoms with E-state index in [-0.39, 0.29) is 28.1 Å². The number of carbonyl (C=O) groups is 2. The number of hydrogen-bond acceptors (Lipinski definition) is 5. The number of ketones is 1. The van der Waals surface area contributed by atoms with Gasteiger partial charge in [-0.25, -0.2) is 4.79 Å². The lowest BCUT2D eigenvalue weighted by Gasteiger charge is -2.31. The standard InChI is InChI=1S/C22H23Cl2NO4/c1-11(2)28-21(27)29-20-12(3)25-15-9-22(4,5)10-16(26)18(15)17(20)13-7-6-8-14(23)19(13)24/h6-8,11H,9-10H2,1-5H3. The van der Waals surface area contributed by atoms with Crippen LogP contribution in [0.2, 0.25) is 10.0 Å². The molecule has 0 aliphatic heterocycles. The summed E-state index contributed by atoms with van der Waals surface area (Å²) >= 11 is 12.7. The summed E-state index contributed by atoms with van der Waals surface area (Å²) in [5.74, 6) is 0.0866. The van der Waals surface area contributed by atoms with Crippen molar-refractivity contribution in [3.8, 4) is 16.9 Å². The first-order chi connectivity index (χ1) is 13.5. The average Bonchev–Trinajstić information content (AvgIpc) is 2.57. The van der Waals surface area contributed by atoms with E-state index in [1.807, 2.05) is 13.8 Å². The Morgan fingerprint density at radius 1 is 1.17 bits per heavy atom. The van der Waals surface area contributed by atoms with Crippen LogP contribution in [0.3, 0.4) is 0 Å². The van der Waals surface area contributed by atoms with Gasteiger partial charge < -0.3 is 9.47 Å². The number of hydrogen-bond donors (Lipinski definition) is 0. The Kier molecular flexibility index (Phi) is 5.93. The Labute approximate surface area is 180 Å². The second-order valence-corrected chi connectivity index (χ2v) is 9.07. The first-order valence-corrected chi connectivity index (χ1v) is 10.2. The van der Waals surface area contributed by atoms with E-state index in [0.717, 1.165) is 0 Å². The monoisotopic (exact) mass is 435 g/mol. The van der Waals surface area contributed by atoms with Crippen LogP contribution >= 0.6 is 23.2 Å². The molecule has 1 aromatic carbocycles. The Bertz CT molecular complexity index is 999. The fraction of sp³-hybridized carbons (Fsp3) is 0.409. The topological polar surface area (TPSA) is 65.5 Å². The van der Waals surface area contributed by atoms with E-state index in [9.17, 15) is 9.59 Å². The number of benzene rings is 1. The highest BCUT2D eigenvalue weighted by Gasteiger charge is 2.37. The normalized spacial score (nSPS) is 15.2. The Morgan fingerprint density at radius 2 is 1.86 bits per heavy atom. The van der Waals surface area contributed by atoms with E-state index in [1.165, 1.54) is 0 Å². The van der Waals surface area contributed by atoms with Crippen molar-refractivity contribution < 1.29 is 19.1 Å². The minimum Gasteiger partial charge on any atom is -0.431 e. The van der Waals surface area contributed by atoms with Gasteiger partial charge in [-0.05, 0) is 38.7 Å². The van der Waals surface area contributed by atoms with Crippen molar-refractivity contribution in [1.29, 1.82) is 0 Å². The van der Waals surface area contributed by atoms with Crippen LogP contribution in [-0.4, -0.2) is 23.0 Å².